The molecule has 1 spiro atoms. The number of β-amino-alcohol motifs (C(OH)–C–C–N with tert-alkyl or cyclic N) is 1. The number of halogens is 1. The summed E-state index contributed by atoms with van der Waals surface area (Å²) >= 11 is 0. The first-order valence-electron chi connectivity index (χ1n) is 14.6. The van der Waals surface area contributed by atoms with E-state index in [-0.39, 0.29) is 23.2 Å². The van der Waals surface area contributed by atoms with E-state index in [2.05, 4.69) is 9.80 Å². The van der Waals surface area contributed by atoms with Crippen molar-refractivity contribution in [3.8, 4) is 5.75 Å². The van der Waals surface area contributed by atoms with Crippen molar-refractivity contribution in [2.45, 2.75) is 56.7 Å². The maximum Gasteiger partial charge on any atom is 0.258 e. The second-order valence-electron chi connectivity index (χ2n) is 12.5. The highest BCUT2D eigenvalue weighted by molar-refractivity contribution is 6.08. The number of benzene rings is 2. The van der Waals surface area contributed by atoms with Crippen LogP contribution < -0.4 is 14.5 Å². The molecule has 1 atom stereocenters. The van der Waals surface area contributed by atoms with Crippen molar-refractivity contribution in [2.75, 3.05) is 62.3 Å². The molecule has 2 aromatic carbocycles. The van der Waals surface area contributed by atoms with Gasteiger partial charge in [-0.15, -0.1) is 0 Å². The minimum absolute atomic E-state index is 0.100. The largest absolute Gasteiger partial charge is 0.491 e. The highest BCUT2D eigenvalue weighted by atomic mass is 19.1. The number of anilines is 2. The number of nitrogens with zero attached hydrogens (tertiary/aromatic N) is 3. The van der Waals surface area contributed by atoms with Gasteiger partial charge in [0.2, 0.25) is 0 Å². The van der Waals surface area contributed by atoms with E-state index in [1.165, 1.54) is 6.07 Å². The lowest BCUT2D eigenvalue weighted by Crippen LogP contribution is -2.62. The maximum atomic E-state index is 15.4. The number of hydrogen-bond acceptors (Lipinski definition) is 6. The predicted molar refractivity (Wildman–Crippen MR) is 147 cm³/mol. The Hall–Kier alpha value is -2.68. The van der Waals surface area contributed by atoms with E-state index in [0.29, 0.717) is 36.5 Å². The zero-order valence-electron chi connectivity index (χ0n) is 22.5. The van der Waals surface area contributed by atoms with Crippen LogP contribution in [0.5, 0.6) is 5.75 Å². The molecule has 1 amide bonds. The van der Waals surface area contributed by atoms with Crippen molar-refractivity contribution in [2.24, 2.45) is 5.41 Å². The Morgan fingerprint density at radius 3 is 2.67 bits per heavy atom. The van der Waals surface area contributed by atoms with E-state index < -0.39 is 5.60 Å². The molecule has 4 heterocycles. The van der Waals surface area contributed by atoms with Gasteiger partial charge in [-0.3, -0.25) is 9.69 Å². The van der Waals surface area contributed by atoms with Crippen molar-refractivity contribution in [3.05, 3.63) is 53.3 Å². The van der Waals surface area contributed by atoms with E-state index in [0.717, 1.165) is 89.2 Å². The molecular formula is C31H38FN3O4. The molecule has 0 aromatic heterocycles. The van der Waals surface area contributed by atoms with Crippen LogP contribution in [-0.2, 0) is 11.2 Å². The van der Waals surface area contributed by atoms with Crippen LogP contribution in [0.15, 0.2) is 36.4 Å². The first-order chi connectivity index (χ1) is 18.9. The lowest BCUT2D eigenvalue weighted by molar-refractivity contribution is -0.0976. The van der Waals surface area contributed by atoms with Gasteiger partial charge in [0, 0.05) is 62.5 Å². The number of fused-ring (bicyclic) bond motifs is 1. The first-order valence-corrected chi connectivity index (χ1v) is 14.6. The summed E-state index contributed by atoms with van der Waals surface area (Å²) in [5, 5.41) is 10.5. The predicted octanol–water partition coefficient (Wildman–Crippen LogP) is 4.01. The Morgan fingerprint density at radius 1 is 1.05 bits per heavy atom. The molecule has 39 heavy (non-hydrogen) atoms. The van der Waals surface area contributed by atoms with E-state index >= 15 is 4.39 Å². The van der Waals surface area contributed by atoms with Gasteiger partial charge in [-0.1, -0.05) is 0 Å². The molecule has 1 saturated carbocycles. The summed E-state index contributed by atoms with van der Waals surface area (Å²) < 4.78 is 27.0. The Morgan fingerprint density at radius 2 is 1.92 bits per heavy atom. The molecule has 7 rings (SSSR count). The summed E-state index contributed by atoms with van der Waals surface area (Å²) in [6.07, 6.45) is 6.94. The van der Waals surface area contributed by atoms with Crippen LogP contribution in [0, 0.1) is 11.2 Å². The fourth-order valence-electron chi connectivity index (χ4n) is 7.26. The third-order valence-corrected chi connectivity index (χ3v) is 9.56. The second kappa shape index (κ2) is 9.75. The molecule has 3 saturated heterocycles. The number of carbonyl (C=O) groups excluding carboxylic acids is 1. The molecular weight excluding hydrogens is 497 g/mol. The van der Waals surface area contributed by atoms with Gasteiger partial charge >= 0.3 is 0 Å². The van der Waals surface area contributed by atoms with E-state index in [1.54, 1.807) is 4.90 Å². The Kier molecular flexibility index (Phi) is 6.32. The van der Waals surface area contributed by atoms with Crippen molar-refractivity contribution < 1.29 is 23.8 Å². The number of hydrogen-bond donors (Lipinski definition) is 1. The standard InChI is InChI=1S/C31H38FN3O4/c32-27-16-23(4-7-28(27)34-13-11-30(20-34)18-33(19-30)21-31(37)9-2-10-31)35-12-8-22-15-24(5-6-26(22)29(35)36)39-17-25-3-1-14-38-25/h4-7,15-16,25,37H,1-3,8-14,17-21H2/t25-/m0/s1. The van der Waals surface area contributed by atoms with E-state index in [4.69, 9.17) is 9.47 Å². The van der Waals surface area contributed by atoms with Crippen LogP contribution in [0.2, 0.25) is 0 Å². The number of rotatable bonds is 7. The summed E-state index contributed by atoms with van der Waals surface area (Å²) in [5.74, 6) is 0.385. The maximum absolute atomic E-state index is 15.4. The summed E-state index contributed by atoms with van der Waals surface area (Å²) in [6, 6.07) is 10.9. The lowest BCUT2D eigenvalue weighted by atomic mass is 9.75. The topological polar surface area (TPSA) is 65.5 Å². The van der Waals surface area contributed by atoms with Crippen molar-refractivity contribution in [3.63, 3.8) is 0 Å². The van der Waals surface area contributed by atoms with Gasteiger partial charge in [0.05, 0.1) is 17.4 Å². The van der Waals surface area contributed by atoms with Gasteiger partial charge in [-0.25, -0.2) is 4.39 Å². The molecule has 2 aromatic rings. The number of amides is 1. The second-order valence-corrected chi connectivity index (χ2v) is 12.5. The molecule has 4 aliphatic heterocycles. The monoisotopic (exact) mass is 535 g/mol. The number of aliphatic hydroxyl groups is 1. The molecule has 0 bridgehead atoms. The molecule has 0 unspecified atom stereocenters. The molecule has 7 nitrogen and oxygen atoms in total. The van der Waals surface area contributed by atoms with E-state index in [9.17, 15) is 9.90 Å². The molecule has 4 fully saturated rings. The highest BCUT2D eigenvalue weighted by Gasteiger charge is 2.50. The number of ether oxygens (including phenoxy) is 2. The van der Waals surface area contributed by atoms with Crippen LogP contribution in [0.3, 0.4) is 0 Å². The summed E-state index contributed by atoms with van der Waals surface area (Å²) in [7, 11) is 0. The van der Waals surface area contributed by atoms with Crippen LogP contribution in [0.4, 0.5) is 15.8 Å². The zero-order valence-corrected chi connectivity index (χ0v) is 22.5. The summed E-state index contributed by atoms with van der Waals surface area (Å²) in [6.45, 7) is 6.25. The van der Waals surface area contributed by atoms with Gasteiger partial charge in [0.25, 0.3) is 5.91 Å². The van der Waals surface area contributed by atoms with Gasteiger partial charge < -0.3 is 24.4 Å². The number of carbonyl (C=O) groups is 1. The Balaban J connectivity index is 0.981. The third kappa shape index (κ3) is 4.81. The quantitative estimate of drug-likeness (QED) is 0.578. The van der Waals surface area contributed by atoms with Gasteiger partial charge in [0.15, 0.2) is 0 Å². The van der Waals surface area contributed by atoms with Crippen LogP contribution in [0.25, 0.3) is 0 Å². The van der Waals surface area contributed by atoms with Gasteiger partial charge in [-0.05, 0) is 86.9 Å². The highest BCUT2D eigenvalue weighted by Crippen LogP contribution is 2.44. The van der Waals surface area contributed by atoms with Crippen molar-refractivity contribution in [1.82, 2.24) is 4.90 Å². The average molecular weight is 536 g/mol. The first kappa shape index (κ1) is 25.3. The molecule has 1 N–H and O–H groups in total. The van der Waals surface area contributed by atoms with Crippen molar-refractivity contribution in [1.29, 1.82) is 0 Å². The average Bonchev–Trinajstić information content (AvgIpc) is 3.57. The summed E-state index contributed by atoms with van der Waals surface area (Å²) in [5.41, 5.74) is 2.56. The smallest absolute Gasteiger partial charge is 0.258 e. The minimum atomic E-state index is -0.477. The van der Waals surface area contributed by atoms with Crippen LogP contribution in [-0.4, -0.2) is 80.1 Å². The van der Waals surface area contributed by atoms with Crippen LogP contribution >= 0.6 is 0 Å². The fourth-order valence-corrected chi connectivity index (χ4v) is 7.26. The fraction of sp³-hybridized carbons (Fsp3) is 0.581. The minimum Gasteiger partial charge on any atom is -0.491 e. The summed E-state index contributed by atoms with van der Waals surface area (Å²) in [4.78, 5) is 19.5. The molecule has 1 aliphatic carbocycles. The molecule has 208 valence electrons. The molecule has 5 aliphatic rings. The third-order valence-electron chi connectivity index (χ3n) is 9.56. The van der Waals surface area contributed by atoms with E-state index in [1.807, 2.05) is 30.3 Å². The molecule has 8 heteroatoms. The number of likely N-dealkylation sites (tertiary alicyclic amines) is 1. The van der Waals surface area contributed by atoms with Crippen molar-refractivity contribution >= 4 is 17.3 Å². The zero-order chi connectivity index (χ0) is 26.6. The van der Waals surface area contributed by atoms with Gasteiger partial charge in [0.1, 0.15) is 18.2 Å². The lowest BCUT2D eigenvalue weighted by Gasteiger charge is -2.52. The molecule has 0 radical (unpaired) electrons. The SMILES string of the molecule is O=C1c2ccc(OC[C@@H]3CCCO3)cc2CCN1c1ccc(N2CCC3(CN(CC4(O)CCC4)C3)C2)c(F)c1. The van der Waals surface area contributed by atoms with Crippen LogP contribution in [0.1, 0.15) is 54.4 Å². The normalized spacial score (nSPS) is 25.5. The van der Waals surface area contributed by atoms with Gasteiger partial charge in [-0.2, -0.15) is 0 Å². The Bertz CT molecular complexity index is 1250. The Labute approximate surface area is 229 Å².